The standard InChI is InChI=1S/C9H10N2O2S/c1-4-8(13)11-6-3-7(5(2)12)14-9(6)10-4/h3-4,10H,1-2H3,(H,11,13)/t4-/m0/s1. The molecule has 0 spiro atoms. The minimum Gasteiger partial charge on any atom is -0.364 e. The van der Waals surface area contributed by atoms with Gasteiger partial charge in [0.15, 0.2) is 5.78 Å². The molecule has 0 aliphatic carbocycles. The topological polar surface area (TPSA) is 58.2 Å². The van der Waals surface area contributed by atoms with Crippen LogP contribution >= 0.6 is 11.3 Å². The van der Waals surface area contributed by atoms with Crippen LogP contribution in [0.5, 0.6) is 0 Å². The molecule has 0 fully saturated rings. The van der Waals surface area contributed by atoms with Crippen molar-refractivity contribution in [2.24, 2.45) is 0 Å². The van der Waals surface area contributed by atoms with Crippen molar-refractivity contribution >= 4 is 33.7 Å². The van der Waals surface area contributed by atoms with Crippen LogP contribution < -0.4 is 10.6 Å². The van der Waals surface area contributed by atoms with Crippen LogP contribution in [0, 0.1) is 0 Å². The number of amides is 1. The van der Waals surface area contributed by atoms with Crippen molar-refractivity contribution in [3.05, 3.63) is 10.9 Å². The maximum atomic E-state index is 11.3. The monoisotopic (exact) mass is 210 g/mol. The van der Waals surface area contributed by atoms with Crippen LogP contribution in [0.2, 0.25) is 0 Å². The molecular formula is C9H10N2O2S. The highest BCUT2D eigenvalue weighted by Gasteiger charge is 2.24. The number of hydrogen-bond donors (Lipinski definition) is 2. The molecule has 0 bridgehead atoms. The summed E-state index contributed by atoms with van der Waals surface area (Å²) < 4.78 is 0. The van der Waals surface area contributed by atoms with Gasteiger partial charge in [-0.05, 0) is 19.9 Å². The number of rotatable bonds is 1. The summed E-state index contributed by atoms with van der Waals surface area (Å²) in [5, 5.41) is 6.64. The van der Waals surface area contributed by atoms with E-state index in [2.05, 4.69) is 10.6 Å². The van der Waals surface area contributed by atoms with Gasteiger partial charge in [-0.3, -0.25) is 9.59 Å². The Morgan fingerprint density at radius 2 is 2.29 bits per heavy atom. The third kappa shape index (κ3) is 1.39. The molecule has 1 amide bonds. The van der Waals surface area contributed by atoms with E-state index in [1.807, 2.05) is 0 Å². The summed E-state index contributed by atoms with van der Waals surface area (Å²) in [5.74, 6) is -0.0431. The van der Waals surface area contributed by atoms with Gasteiger partial charge in [0.05, 0.1) is 10.6 Å². The van der Waals surface area contributed by atoms with Gasteiger partial charge in [-0.15, -0.1) is 11.3 Å². The van der Waals surface area contributed by atoms with Gasteiger partial charge in [0, 0.05) is 0 Å². The second-order valence-electron chi connectivity index (χ2n) is 3.26. The Morgan fingerprint density at radius 1 is 1.57 bits per heavy atom. The first kappa shape index (κ1) is 9.21. The molecule has 1 aromatic heterocycles. The molecule has 0 unspecified atom stereocenters. The Kier molecular flexibility index (Phi) is 2.03. The number of fused-ring (bicyclic) bond motifs is 1. The summed E-state index contributed by atoms with van der Waals surface area (Å²) in [6, 6.07) is 1.47. The first-order valence-electron chi connectivity index (χ1n) is 4.30. The minimum atomic E-state index is -0.235. The van der Waals surface area contributed by atoms with Crippen LogP contribution in [-0.2, 0) is 4.79 Å². The zero-order valence-electron chi connectivity index (χ0n) is 7.88. The van der Waals surface area contributed by atoms with Gasteiger partial charge in [-0.2, -0.15) is 0 Å². The van der Waals surface area contributed by atoms with Crippen molar-refractivity contribution in [1.82, 2.24) is 0 Å². The first-order valence-corrected chi connectivity index (χ1v) is 5.12. The highest BCUT2D eigenvalue weighted by Crippen LogP contribution is 2.35. The minimum absolute atomic E-state index is 0.0214. The maximum absolute atomic E-state index is 11.3. The van der Waals surface area contributed by atoms with E-state index in [9.17, 15) is 9.59 Å². The lowest BCUT2D eigenvalue weighted by molar-refractivity contribution is -0.116. The molecule has 0 saturated heterocycles. The molecule has 1 atom stereocenters. The second-order valence-corrected chi connectivity index (χ2v) is 4.32. The van der Waals surface area contributed by atoms with Crippen molar-refractivity contribution < 1.29 is 9.59 Å². The Bertz CT molecular complexity index is 411. The van der Waals surface area contributed by atoms with Crippen LogP contribution in [0.4, 0.5) is 10.7 Å². The molecule has 1 aliphatic rings. The van der Waals surface area contributed by atoms with Crippen molar-refractivity contribution in [3.63, 3.8) is 0 Å². The fourth-order valence-electron chi connectivity index (χ4n) is 1.27. The van der Waals surface area contributed by atoms with Gasteiger partial charge >= 0.3 is 0 Å². The number of carbonyl (C=O) groups excluding carboxylic acids is 2. The summed E-state index contributed by atoms with van der Waals surface area (Å²) in [6.07, 6.45) is 0. The van der Waals surface area contributed by atoms with Gasteiger partial charge in [-0.25, -0.2) is 0 Å². The first-order chi connectivity index (χ1) is 6.58. The Morgan fingerprint density at radius 3 is 2.93 bits per heavy atom. The number of ketones is 1. The number of nitrogens with one attached hydrogen (secondary N) is 2. The van der Waals surface area contributed by atoms with Gasteiger partial charge < -0.3 is 10.6 Å². The Labute approximate surface area is 85.3 Å². The van der Waals surface area contributed by atoms with Crippen molar-refractivity contribution in [3.8, 4) is 0 Å². The van der Waals surface area contributed by atoms with Gasteiger partial charge in [0.1, 0.15) is 11.0 Å². The van der Waals surface area contributed by atoms with Gasteiger partial charge in [0.25, 0.3) is 0 Å². The smallest absolute Gasteiger partial charge is 0.246 e. The fourth-order valence-corrected chi connectivity index (χ4v) is 2.26. The highest BCUT2D eigenvalue weighted by molar-refractivity contribution is 7.18. The fraction of sp³-hybridized carbons (Fsp3) is 0.333. The van der Waals surface area contributed by atoms with Crippen molar-refractivity contribution in [2.45, 2.75) is 19.9 Å². The zero-order valence-corrected chi connectivity index (χ0v) is 8.70. The molecule has 14 heavy (non-hydrogen) atoms. The van der Waals surface area contributed by atoms with Gasteiger partial charge in [0.2, 0.25) is 5.91 Å². The number of carbonyl (C=O) groups is 2. The van der Waals surface area contributed by atoms with E-state index in [1.165, 1.54) is 18.3 Å². The van der Waals surface area contributed by atoms with E-state index in [-0.39, 0.29) is 17.7 Å². The van der Waals surface area contributed by atoms with Crippen LogP contribution in [0.25, 0.3) is 0 Å². The molecule has 0 aromatic carbocycles. The van der Waals surface area contributed by atoms with E-state index in [0.717, 1.165) is 5.00 Å². The third-order valence-corrected chi connectivity index (χ3v) is 3.24. The van der Waals surface area contributed by atoms with Crippen molar-refractivity contribution in [1.29, 1.82) is 0 Å². The van der Waals surface area contributed by atoms with Crippen LogP contribution in [-0.4, -0.2) is 17.7 Å². The summed E-state index contributed by atoms with van der Waals surface area (Å²) in [7, 11) is 0. The second kappa shape index (κ2) is 3.09. The van der Waals surface area contributed by atoms with Crippen LogP contribution in [0.1, 0.15) is 23.5 Å². The van der Waals surface area contributed by atoms with E-state index >= 15 is 0 Å². The average Bonchev–Trinajstić information content (AvgIpc) is 2.48. The molecule has 5 heteroatoms. The quantitative estimate of drug-likeness (QED) is 0.694. The highest BCUT2D eigenvalue weighted by atomic mass is 32.1. The summed E-state index contributed by atoms with van der Waals surface area (Å²) in [6.45, 7) is 3.30. The van der Waals surface area contributed by atoms with Crippen LogP contribution in [0.3, 0.4) is 0 Å². The summed E-state index contributed by atoms with van der Waals surface area (Å²) in [5.41, 5.74) is 0.711. The summed E-state index contributed by atoms with van der Waals surface area (Å²) >= 11 is 1.37. The lowest BCUT2D eigenvalue weighted by Crippen LogP contribution is -2.35. The molecule has 2 heterocycles. The predicted molar refractivity (Wildman–Crippen MR) is 56.0 cm³/mol. The molecular weight excluding hydrogens is 200 g/mol. The van der Waals surface area contributed by atoms with E-state index in [0.29, 0.717) is 10.6 Å². The summed E-state index contributed by atoms with van der Waals surface area (Å²) in [4.78, 5) is 23.0. The number of anilines is 2. The largest absolute Gasteiger partial charge is 0.364 e. The zero-order chi connectivity index (χ0) is 10.3. The number of thiophene rings is 1. The number of Topliss-reactive ketones (excluding diaryl/α,β-unsaturated/α-hetero) is 1. The molecule has 2 rings (SSSR count). The molecule has 1 aromatic rings. The van der Waals surface area contributed by atoms with Gasteiger partial charge in [-0.1, -0.05) is 0 Å². The molecule has 1 aliphatic heterocycles. The van der Waals surface area contributed by atoms with E-state index < -0.39 is 0 Å². The van der Waals surface area contributed by atoms with Crippen molar-refractivity contribution in [2.75, 3.05) is 10.6 Å². The number of hydrogen-bond acceptors (Lipinski definition) is 4. The average molecular weight is 210 g/mol. The predicted octanol–water partition coefficient (Wildman–Crippen LogP) is 1.70. The molecule has 0 radical (unpaired) electrons. The molecule has 0 saturated carbocycles. The molecule has 74 valence electrons. The van der Waals surface area contributed by atoms with Crippen LogP contribution in [0.15, 0.2) is 6.07 Å². The SMILES string of the molecule is CC(=O)c1cc2c(s1)N[C@@H](C)C(=O)N2. The normalized spacial score (nSPS) is 19.6. The molecule has 2 N–H and O–H groups in total. The maximum Gasteiger partial charge on any atom is 0.246 e. The lowest BCUT2D eigenvalue weighted by Gasteiger charge is -2.20. The third-order valence-electron chi connectivity index (χ3n) is 2.08. The molecule has 4 nitrogen and oxygen atoms in total. The van der Waals surface area contributed by atoms with E-state index in [4.69, 9.17) is 0 Å². The lowest BCUT2D eigenvalue weighted by atomic mass is 10.2. The van der Waals surface area contributed by atoms with E-state index in [1.54, 1.807) is 13.0 Å². The Balaban J connectivity index is 2.38. The Hall–Kier alpha value is -1.36.